The lowest BCUT2D eigenvalue weighted by Gasteiger charge is -2.20. The molecule has 0 heterocycles. The second-order valence-corrected chi connectivity index (χ2v) is 5.55. The fraction of sp³-hybridized carbons (Fsp3) is 0.0769. The molecular weight excluding hydrogens is 354 g/mol. The van der Waals surface area contributed by atoms with Crippen molar-refractivity contribution in [3.63, 3.8) is 0 Å². The van der Waals surface area contributed by atoms with Crippen molar-refractivity contribution in [2.45, 2.75) is 6.04 Å². The SMILES string of the molecule is NNC(c1cccc(Br)c1F)c1c(Cl)cccc1Cl. The molecule has 2 aromatic rings. The lowest BCUT2D eigenvalue weighted by atomic mass is 9.98. The first kappa shape index (κ1) is 14.8. The highest BCUT2D eigenvalue weighted by Gasteiger charge is 2.22. The number of hydrogen-bond acceptors (Lipinski definition) is 2. The fourth-order valence-corrected chi connectivity index (χ4v) is 2.86. The van der Waals surface area contributed by atoms with Crippen molar-refractivity contribution in [3.05, 3.63) is 67.9 Å². The van der Waals surface area contributed by atoms with Crippen molar-refractivity contribution >= 4 is 39.1 Å². The molecule has 2 rings (SSSR count). The van der Waals surface area contributed by atoms with E-state index in [4.69, 9.17) is 29.0 Å². The van der Waals surface area contributed by atoms with Crippen molar-refractivity contribution in [3.8, 4) is 0 Å². The number of rotatable bonds is 3. The topological polar surface area (TPSA) is 38.0 Å². The molecule has 0 aliphatic heterocycles. The zero-order valence-electron chi connectivity index (χ0n) is 9.63. The van der Waals surface area contributed by atoms with E-state index in [9.17, 15) is 4.39 Å². The van der Waals surface area contributed by atoms with Gasteiger partial charge in [-0.1, -0.05) is 41.4 Å². The van der Waals surface area contributed by atoms with Gasteiger partial charge in [0.25, 0.3) is 0 Å². The van der Waals surface area contributed by atoms with Crippen LogP contribution in [0.4, 0.5) is 4.39 Å². The van der Waals surface area contributed by atoms with Crippen LogP contribution in [-0.2, 0) is 0 Å². The lowest BCUT2D eigenvalue weighted by molar-refractivity contribution is 0.556. The molecule has 0 radical (unpaired) electrons. The first-order valence-electron chi connectivity index (χ1n) is 5.40. The highest BCUT2D eigenvalue weighted by atomic mass is 79.9. The molecule has 19 heavy (non-hydrogen) atoms. The molecule has 2 nitrogen and oxygen atoms in total. The smallest absolute Gasteiger partial charge is 0.142 e. The lowest BCUT2D eigenvalue weighted by Crippen LogP contribution is -2.30. The fourth-order valence-electron chi connectivity index (χ4n) is 1.86. The van der Waals surface area contributed by atoms with Gasteiger partial charge in [-0.15, -0.1) is 0 Å². The normalized spacial score (nSPS) is 12.5. The maximum Gasteiger partial charge on any atom is 0.142 e. The third kappa shape index (κ3) is 2.93. The molecule has 0 saturated heterocycles. The van der Waals surface area contributed by atoms with Crippen LogP contribution >= 0.6 is 39.1 Å². The molecule has 100 valence electrons. The quantitative estimate of drug-likeness (QED) is 0.624. The molecule has 2 aromatic carbocycles. The Bertz CT molecular complexity index is 587. The summed E-state index contributed by atoms with van der Waals surface area (Å²) in [6, 6.07) is 9.42. The molecule has 0 amide bonds. The summed E-state index contributed by atoms with van der Waals surface area (Å²) < 4.78 is 14.5. The largest absolute Gasteiger partial charge is 0.271 e. The van der Waals surface area contributed by atoms with Gasteiger partial charge in [-0.3, -0.25) is 5.84 Å². The van der Waals surface area contributed by atoms with Crippen LogP contribution < -0.4 is 11.3 Å². The van der Waals surface area contributed by atoms with E-state index < -0.39 is 11.9 Å². The molecule has 0 saturated carbocycles. The van der Waals surface area contributed by atoms with Crippen LogP contribution in [0, 0.1) is 5.82 Å². The van der Waals surface area contributed by atoms with Crippen LogP contribution in [0.1, 0.15) is 17.2 Å². The molecular formula is C13H10BrCl2FN2. The first-order chi connectivity index (χ1) is 9.06. The number of hydrazine groups is 1. The number of benzene rings is 2. The van der Waals surface area contributed by atoms with Gasteiger partial charge >= 0.3 is 0 Å². The highest BCUT2D eigenvalue weighted by Crippen LogP contribution is 2.35. The minimum atomic E-state index is -0.626. The maximum atomic E-state index is 14.2. The van der Waals surface area contributed by atoms with E-state index in [0.717, 1.165) is 0 Å². The molecule has 3 N–H and O–H groups in total. The molecule has 0 fully saturated rings. The number of nitrogens with two attached hydrogens (primary N) is 1. The predicted octanol–water partition coefficient (Wildman–Crippen LogP) is 4.45. The number of halogens is 4. The Morgan fingerprint density at radius 3 is 2.26 bits per heavy atom. The summed E-state index contributed by atoms with van der Waals surface area (Å²) in [4.78, 5) is 0. The van der Waals surface area contributed by atoms with Crippen LogP contribution in [0.15, 0.2) is 40.9 Å². The number of hydrogen-bond donors (Lipinski definition) is 2. The Morgan fingerprint density at radius 1 is 1.11 bits per heavy atom. The zero-order valence-corrected chi connectivity index (χ0v) is 12.7. The van der Waals surface area contributed by atoms with Crippen LogP contribution in [0.3, 0.4) is 0 Å². The zero-order chi connectivity index (χ0) is 14.0. The van der Waals surface area contributed by atoms with Gasteiger partial charge < -0.3 is 0 Å². The van der Waals surface area contributed by atoms with Gasteiger partial charge in [0.05, 0.1) is 10.5 Å². The standard InChI is InChI=1S/C13H10BrCl2FN2/c14-8-4-1-3-7(12(8)17)13(19-18)11-9(15)5-2-6-10(11)16/h1-6,13,19H,18H2. The van der Waals surface area contributed by atoms with Crippen molar-refractivity contribution in [1.82, 2.24) is 5.43 Å². The van der Waals surface area contributed by atoms with Gasteiger partial charge in [0, 0.05) is 21.2 Å². The summed E-state index contributed by atoms with van der Waals surface area (Å²) in [6.07, 6.45) is 0. The summed E-state index contributed by atoms with van der Waals surface area (Å²) >= 11 is 15.4. The average Bonchev–Trinajstić information content (AvgIpc) is 2.38. The Morgan fingerprint density at radius 2 is 1.68 bits per heavy atom. The molecule has 1 unspecified atom stereocenters. The van der Waals surface area contributed by atoms with Crippen molar-refractivity contribution in [2.24, 2.45) is 5.84 Å². The third-order valence-electron chi connectivity index (χ3n) is 2.75. The third-order valence-corrected chi connectivity index (χ3v) is 4.02. The van der Waals surface area contributed by atoms with Crippen LogP contribution in [0.25, 0.3) is 0 Å². The van der Waals surface area contributed by atoms with E-state index in [2.05, 4.69) is 21.4 Å². The van der Waals surface area contributed by atoms with Gasteiger partial charge in [0.2, 0.25) is 0 Å². The van der Waals surface area contributed by atoms with E-state index in [0.29, 0.717) is 25.6 Å². The minimum absolute atomic E-state index is 0.355. The van der Waals surface area contributed by atoms with Crippen molar-refractivity contribution in [1.29, 1.82) is 0 Å². The van der Waals surface area contributed by atoms with Gasteiger partial charge in [0.15, 0.2) is 0 Å². The Kier molecular flexibility index (Phi) is 4.81. The van der Waals surface area contributed by atoms with Gasteiger partial charge in [-0.2, -0.15) is 0 Å². The van der Waals surface area contributed by atoms with E-state index >= 15 is 0 Å². The van der Waals surface area contributed by atoms with E-state index in [-0.39, 0.29) is 0 Å². The highest BCUT2D eigenvalue weighted by molar-refractivity contribution is 9.10. The average molecular weight is 364 g/mol. The molecule has 1 atom stereocenters. The van der Waals surface area contributed by atoms with E-state index in [1.165, 1.54) is 0 Å². The maximum absolute atomic E-state index is 14.2. The van der Waals surface area contributed by atoms with E-state index in [1.54, 1.807) is 36.4 Å². The second kappa shape index (κ2) is 6.20. The monoisotopic (exact) mass is 362 g/mol. The first-order valence-corrected chi connectivity index (χ1v) is 6.95. The molecule has 0 aromatic heterocycles. The Balaban J connectivity index is 2.60. The Hall–Kier alpha value is -0.650. The minimum Gasteiger partial charge on any atom is -0.271 e. The van der Waals surface area contributed by atoms with Crippen LogP contribution in [0.5, 0.6) is 0 Å². The van der Waals surface area contributed by atoms with Crippen molar-refractivity contribution in [2.75, 3.05) is 0 Å². The molecule has 0 bridgehead atoms. The second-order valence-electron chi connectivity index (χ2n) is 3.88. The predicted molar refractivity (Wildman–Crippen MR) is 79.7 cm³/mol. The number of nitrogens with one attached hydrogen (secondary N) is 1. The van der Waals surface area contributed by atoms with Crippen LogP contribution in [0.2, 0.25) is 10.0 Å². The summed E-state index contributed by atoms with van der Waals surface area (Å²) in [6.45, 7) is 0. The Labute approximate surface area is 128 Å². The molecule has 6 heteroatoms. The molecule has 0 spiro atoms. The summed E-state index contributed by atoms with van der Waals surface area (Å²) in [7, 11) is 0. The summed E-state index contributed by atoms with van der Waals surface area (Å²) in [5, 5.41) is 0.852. The summed E-state index contributed by atoms with van der Waals surface area (Å²) in [5.41, 5.74) is 3.47. The molecule has 0 aliphatic carbocycles. The summed E-state index contributed by atoms with van der Waals surface area (Å²) in [5.74, 6) is 5.14. The van der Waals surface area contributed by atoms with E-state index in [1.807, 2.05) is 0 Å². The van der Waals surface area contributed by atoms with Gasteiger partial charge in [-0.25, -0.2) is 9.82 Å². The van der Waals surface area contributed by atoms with Gasteiger partial charge in [0.1, 0.15) is 5.82 Å². The van der Waals surface area contributed by atoms with Crippen LogP contribution in [-0.4, -0.2) is 0 Å². The van der Waals surface area contributed by atoms with Crippen molar-refractivity contribution < 1.29 is 4.39 Å². The van der Waals surface area contributed by atoms with Gasteiger partial charge in [-0.05, 0) is 34.1 Å². The molecule has 0 aliphatic rings.